The Balaban J connectivity index is 0.000000434. The van der Waals surface area contributed by atoms with E-state index in [1.165, 1.54) is 0 Å². The standard InChI is InChI=1S/C12H22O11.C6H12O6/c13-1-3-5(15)6(16)9(19)12(22-3)23-10-4(2-14)21-11(20)8(18)7(10)17;7-1-3(9)5(11)6(12)4(10)2-8/h3-20H,1-2H2;1,3-6,8-12H,2H2/t3-,4-,5+,6+,7-,8-,9-,10-,11?,12+;3-,4+,5+,6+/m10/s1. The fourth-order valence-electron chi connectivity index (χ4n) is 3.19. The third-order valence-corrected chi connectivity index (χ3v) is 5.40. The van der Waals surface area contributed by atoms with Gasteiger partial charge in [0.25, 0.3) is 0 Å². The normalized spacial score (nSPS) is 41.2. The molecule has 2 aliphatic rings. The SMILES string of the molecule is O=C[C@H](O)[C@@H](O)[C@H](O)[C@H](O)CO.OC[C@H]1O[C@@H](O[C@H]2[C@H](O)[C@@H](O)C(O)O[C@@H]2CO)[C@H](O)[C@@H](O)[C@H]1O. The largest absolute Gasteiger partial charge is 0.394 e. The summed E-state index contributed by atoms with van der Waals surface area (Å²) in [6.07, 6.45) is -22.4. The Kier molecular flexibility index (Phi) is 13.5. The summed E-state index contributed by atoms with van der Waals surface area (Å²) in [5.41, 5.74) is 0. The minimum Gasteiger partial charge on any atom is -0.394 e. The Hall–Kier alpha value is -0.970. The molecular formula is C18H34O17. The van der Waals surface area contributed by atoms with E-state index >= 15 is 0 Å². The van der Waals surface area contributed by atoms with Crippen molar-refractivity contribution in [3.8, 4) is 0 Å². The predicted molar refractivity (Wildman–Crippen MR) is 106 cm³/mol. The van der Waals surface area contributed by atoms with Gasteiger partial charge in [0.15, 0.2) is 18.9 Å². The molecule has 0 bridgehead atoms. The van der Waals surface area contributed by atoms with Gasteiger partial charge in [-0.2, -0.15) is 0 Å². The molecule has 0 aromatic heterocycles. The van der Waals surface area contributed by atoms with Gasteiger partial charge >= 0.3 is 0 Å². The lowest BCUT2D eigenvalue weighted by Gasteiger charge is -2.45. The summed E-state index contributed by atoms with van der Waals surface area (Å²) in [4.78, 5) is 9.90. The Bertz CT molecular complexity index is 608. The molecule has 0 radical (unpaired) electrons. The van der Waals surface area contributed by atoms with Gasteiger partial charge in [-0.15, -0.1) is 0 Å². The number of ether oxygens (including phenoxy) is 3. The van der Waals surface area contributed by atoms with E-state index in [1.54, 1.807) is 0 Å². The number of rotatable bonds is 9. The summed E-state index contributed by atoms with van der Waals surface area (Å²) in [6.45, 7) is -2.11. The van der Waals surface area contributed by atoms with Crippen molar-refractivity contribution in [2.45, 2.75) is 85.8 Å². The molecule has 2 aliphatic heterocycles. The zero-order valence-electron chi connectivity index (χ0n) is 18.2. The fourth-order valence-corrected chi connectivity index (χ4v) is 3.19. The lowest BCUT2D eigenvalue weighted by Crippen LogP contribution is -2.64. The fraction of sp³-hybridized carbons (Fsp3) is 0.944. The zero-order valence-corrected chi connectivity index (χ0v) is 18.2. The lowest BCUT2D eigenvalue weighted by atomic mass is 9.97. The summed E-state index contributed by atoms with van der Waals surface area (Å²) in [7, 11) is 0. The smallest absolute Gasteiger partial charge is 0.187 e. The number of hydrogen-bond donors (Lipinski definition) is 13. The van der Waals surface area contributed by atoms with Crippen molar-refractivity contribution in [1.29, 1.82) is 0 Å². The van der Waals surface area contributed by atoms with Crippen molar-refractivity contribution < 1.29 is 85.4 Å². The Morgan fingerprint density at radius 2 is 1.29 bits per heavy atom. The number of aldehydes is 1. The van der Waals surface area contributed by atoms with Crippen LogP contribution in [0.5, 0.6) is 0 Å². The molecule has 0 spiro atoms. The molecule has 13 N–H and O–H groups in total. The second-order valence-electron chi connectivity index (χ2n) is 7.88. The highest BCUT2D eigenvalue weighted by Crippen LogP contribution is 2.28. The molecule has 2 saturated heterocycles. The van der Waals surface area contributed by atoms with Crippen molar-refractivity contribution in [3.63, 3.8) is 0 Å². The van der Waals surface area contributed by atoms with Crippen molar-refractivity contribution in [1.82, 2.24) is 0 Å². The molecule has 0 amide bonds. The van der Waals surface area contributed by atoms with Crippen LogP contribution in [0.3, 0.4) is 0 Å². The minimum atomic E-state index is -1.79. The summed E-state index contributed by atoms with van der Waals surface area (Å²) in [6, 6.07) is 0. The highest BCUT2D eigenvalue weighted by molar-refractivity contribution is 5.56. The molecule has 14 atom stereocenters. The second-order valence-corrected chi connectivity index (χ2v) is 7.88. The van der Waals surface area contributed by atoms with Crippen LogP contribution in [0.2, 0.25) is 0 Å². The second kappa shape index (κ2) is 14.7. The number of carbonyl (C=O) groups is 1. The van der Waals surface area contributed by atoms with E-state index in [0.717, 1.165) is 0 Å². The molecule has 0 aromatic carbocycles. The highest BCUT2D eigenvalue weighted by atomic mass is 16.7. The van der Waals surface area contributed by atoms with Crippen LogP contribution in [-0.4, -0.2) is 178 Å². The first-order valence-corrected chi connectivity index (χ1v) is 10.4. The Morgan fingerprint density at radius 3 is 1.77 bits per heavy atom. The molecule has 35 heavy (non-hydrogen) atoms. The van der Waals surface area contributed by atoms with Crippen molar-refractivity contribution in [2.75, 3.05) is 19.8 Å². The van der Waals surface area contributed by atoms with Gasteiger partial charge in [-0.1, -0.05) is 0 Å². The number of carbonyl (C=O) groups excluding carboxylic acids is 1. The van der Waals surface area contributed by atoms with E-state index in [-0.39, 0.29) is 6.29 Å². The number of aliphatic hydroxyl groups excluding tert-OH is 13. The molecule has 1 unspecified atom stereocenters. The maximum Gasteiger partial charge on any atom is 0.187 e. The molecule has 0 aliphatic carbocycles. The topological polar surface area (TPSA) is 308 Å². The van der Waals surface area contributed by atoms with Crippen molar-refractivity contribution in [2.24, 2.45) is 0 Å². The van der Waals surface area contributed by atoms with Crippen LogP contribution in [0, 0.1) is 0 Å². The summed E-state index contributed by atoms with van der Waals surface area (Å²) in [5, 5.41) is 120. The van der Waals surface area contributed by atoms with Crippen LogP contribution in [0.25, 0.3) is 0 Å². The molecule has 0 aromatic rings. The minimum absolute atomic E-state index is 0.0258. The average Bonchev–Trinajstić information content (AvgIpc) is 2.87. The van der Waals surface area contributed by atoms with Gasteiger partial charge in [-0.05, 0) is 0 Å². The first-order chi connectivity index (χ1) is 16.4. The first kappa shape index (κ1) is 32.1. The van der Waals surface area contributed by atoms with Gasteiger partial charge < -0.3 is 85.4 Å². The van der Waals surface area contributed by atoms with Crippen LogP contribution < -0.4 is 0 Å². The maximum atomic E-state index is 9.94. The molecule has 208 valence electrons. The van der Waals surface area contributed by atoms with Crippen LogP contribution in [0.15, 0.2) is 0 Å². The van der Waals surface area contributed by atoms with Crippen LogP contribution in [-0.2, 0) is 19.0 Å². The molecule has 2 heterocycles. The molecule has 17 nitrogen and oxygen atoms in total. The van der Waals surface area contributed by atoms with Gasteiger partial charge in [-0.25, -0.2) is 0 Å². The van der Waals surface area contributed by atoms with Crippen LogP contribution in [0.4, 0.5) is 0 Å². The van der Waals surface area contributed by atoms with Gasteiger partial charge in [0, 0.05) is 0 Å². The van der Waals surface area contributed by atoms with Gasteiger partial charge in [0.1, 0.15) is 73.2 Å². The Labute approximate surface area is 198 Å². The van der Waals surface area contributed by atoms with Crippen molar-refractivity contribution >= 4 is 6.29 Å². The monoisotopic (exact) mass is 522 g/mol. The summed E-state index contributed by atoms with van der Waals surface area (Å²) in [5.74, 6) is 0. The van der Waals surface area contributed by atoms with E-state index in [4.69, 9.17) is 44.8 Å². The van der Waals surface area contributed by atoms with E-state index in [2.05, 4.69) is 0 Å². The van der Waals surface area contributed by atoms with E-state index < -0.39 is 106 Å². The van der Waals surface area contributed by atoms with Gasteiger partial charge in [0.2, 0.25) is 0 Å². The predicted octanol–water partition coefficient (Wildman–Crippen LogP) is -8.78. The Morgan fingerprint density at radius 1 is 0.714 bits per heavy atom. The number of aliphatic hydroxyl groups is 13. The molecular weight excluding hydrogens is 488 g/mol. The summed E-state index contributed by atoms with van der Waals surface area (Å²) < 4.78 is 15.3. The third kappa shape index (κ3) is 8.01. The molecule has 0 saturated carbocycles. The average molecular weight is 522 g/mol. The van der Waals surface area contributed by atoms with E-state index in [9.17, 15) is 40.5 Å². The van der Waals surface area contributed by atoms with E-state index in [0.29, 0.717) is 0 Å². The third-order valence-electron chi connectivity index (χ3n) is 5.40. The van der Waals surface area contributed by atoms with Crippen molar-refractivity contribution in [3.05, 3.63) is 0 Å². The maximum absolute atomic E-state index is 9.94. The lowest BCUT2D eigenvalue weighted by molar-refractivity contribution is -0.355. The molecule has 2 fully saturated rings. The summed E-state index contributed by atoms with van der Waals surface area (Å²) >= 11 is 0. The quantitative estimate of drug-likeness (QED) is 0.125. The van der Waals surface area contributed by atoms with Crippen LogP contribution in [0.1, 0.15) is 0 Å². The van der Waals surface area contributed by atoms with Gasteiger partial charge in [0.05, 0.1) is 19.8 Å². The van der Waals surface area contributed by atoms with Crippen LogP contribution >= 0.6 is 0 Å². The first-order valence-electron chi connectivity index (χ1n) is 10.4. The van der Waals surface area contributed by atoms with Gasteiger partial charge in [-0.3, -0.25) is 0 Å². The number of hydrogen-bond acceptors (Lipinski definition) is 17. The molecule has 17 heteroatoms. The molecule has 2 rings (SSSR count). The zero-order chi connectivity index (χ0) is 27.0. The highest BCUT2D eigenvalue weighted by Gasteiger charge is 2.50. The van der Waals surface area contributed by atoms with E-state index in [1.807, 2.05) is 0 Å².